The van der Waals surface area contributed by atoms with Crippen molar-refractivity contribution in [2.45, 2.75) is 40.7 Å². The standard InChI is InChI=1S/C17H25N5O/c1-5-22-14(4)16(13(3)21-22)17(23)19-10-6-9-18-15-8-7-12(2)11-20-15/h7-8,11H,5-6,9-10H2,1-4H3,(H,18,20)(H,19,23). The first kappa shape index (κ1) is 17.0. The van der Waals surface area contributed by atoms with Crippen molar-refractivity contribution in [3.63, 3.8) is 0 Å². The molecule has 0 aliphatic carbocycles. The van der Waals surface area contributed by atoms with Crippen molar-refractivity contribution in [1.29, 1.82) is 0 Å². The first-order valence-corrected chi connectivity index (χ1v) is 8.01. The SMILES string of the molecule is CCn1nc(C)c(C(=O)NCCCNc2ccc(C)cn2)c1C. The lowest BCUT2D eigenvalue weighted by Gasteiger charge is -2.08. The fourth-order valence-corrected chi connectivity index (χ4v) is 2.50. The van der Waals surface area contributed by atoms with E-state index in [1.54, 1.807) is 0 Å². The van der Waals surface area contributed by atoms with Gasteiger partial charge in [-0.25, -0.2) is 4.98 Å². The monoisotopic (exact) mass is 315 g/mol. The van der Waals surface area contributed by atoms with Crippen LogP contribution in [0.4, 0.5) is 5.82 Å². The number of rotatable bonds is 7. The molecule has 124 valence electrons. The summed E-state index contributed by atoms with van der Waals surface area (Å²) in [6.45, 7) is 9.99. The molecule has 0 aliphatic heterocycles. The van der Waals surface area contributed by atoms with Gasteiger partial charge in [0.25, 0.3) is 5.91 Å². The van der Waals surface area contributed by atoms with Crippen LogP contribution in [0, 0.1) is 20.8 Å². The number of amides is 1. The summed E-state index contributed by atoms with van der Waals surface area (Å²) in [5.41, 5.74) is 3.54. The highest BCUT2D eigenvalue weighted by Gasteiger charge is 2.17. The molecule has 2 rings (SSSR count). The first-order chi connectivity index (χ1) is 11.0. The average molecular weight is 315 g/mol. The van der Waals surface area contributed by atoms with E-state index in [0.29, 0.717) is 12.1 Å². The zero-order chi connectivity index (χ0) is 16.8. The smallest absolute Gasteiger partial charge is 0.255 e. The van der Waals surface area contributed by atoms with Crippen LogP contribution in [-0.4, -0.2) is 33.8 Å². The van der Waals surface area contributed by atoms with E-state index >= 15 is 0 Å². The number of aromatic nitrogens is 3. The molecule has 0 fully saturated rings. The lowest BCUT2D eigenvalue weighted by molar-refractivity contribution is 0.0952. The fourth-order valence-electron chi connectivity index (χ4n) is 2.50. The molecular formula is C17H25N5O. The molecule has 0 spiro atoms. The number of nitrogens with zero attached hydrogens (tertiary/aromatic N) is 3. The van der Waals surface area contributed by atoms with E-state index in [9.17, 15) is 4.79 Å². The van der Waals surface area contributed by atoms with Gasteiger partial charge in [0.05, 0.1) is 11.3 Å². The minimum Gasteiger partial charge on any atom is -0.370 e. The number of carbonyl (C=O) groups is 1. The molecule has 0 aromatic carbocycles. The molecule has 0 bridgehead atoms. The Labute approximate surface area is 137 Å². The molecule has 0 saturated heterocycles. The summed E-state index contributed by atoms with van der Waals surface area (Å²) in [6.07, 6.45) is 2.67. The summed E-state index contributed by atoms with van der Waals surface area (Å²) in [6, 6.07) is 3.98. The third-order valence-electron chi connectivity index (χ3n) is 3.76. The van der Waals surface area contributed by atoms with Crippen LogP contribution >= 0.6 is 0 Å². The third kappa shape index (κ3) is 4.31. The first-order valence-electron chi connectivity index (χ1n) is 8.01. The topological polar surface area (TPSA) is 71.8 Å². The second-order valence-electron chi connectivity index (χ2n) is 5.62. The zero-order valence-electron chi connectivity index (χ0n) is 14.3. The number of aryl methyl sites for hydroxylation is 3. The maximum atomic E-state index is 12.3. The van der Waals surface area contributed by atoms with Crippen molar-refractivity contribution >= 4 is 11.7 Å². The van der Waals surface area contributed by atoms with Crippen LogP contribution in [0.5, 0.6) is 0 Å². The molecule has 0 radical (unpaired) electrons. The highest BCUT2D eigenvalue weighted by Crippen LogP contribution is 2.12. The molecule has 0 unspecified atom stereocenters. The Morgan fingerprint density at radius 1 is 1.22 bits per heavy atom. The van der Waals surface area contributed by atoms with Gasteiger partial charge in [-0.2, -0.15) is 5.10 Å². The van der Waals surface area contributed by atoms with Gasteiger partial charge < -0.3 is 10.6 Å². The molecule has 0 aliphatic rings. The van der Waals surface area contributed by atoms with Crippen LogP contribution in [0.1, 0.15) is 40.7 Å². The Morgan fingerprint density at radius 2 is 2.00 bits per heavy atom. The van der Waals surface area contributed by atoms with Gasteiger partial charge in [0.2, 0.25) is 0 Å². The number of hydrogen-bond acceptors (Lipinski definition) is 4. The third-order valence-corrected chi connectivity index (χ3v) is 3.76. The molecular weight excluding hydrogens is 290 g/mol. The molecule has 0 atom stereocenters. The Bertz CT molecular complexity index is 660. The van der Waals surface area contributed by atoms with Gasteiger partial charge in [0.15, 0.2) is 0 Å². The van der Waals surface area contributed by atoms with Gasteiger partial charge >= 0.3 is 0 Å². The molecule has 2 aromatic heterocycles. The number of hydrogen-bond donors (Lipinski definition) is 2. The van der Waals surface area contributed by atoms with E-state index in [-0.39, 0.29) is 5.91 Å². The summed E-state index contributed by atoms with van der Waals surface area (Å²) in [5.74, 6) is 0.811. The number of nitrogens with one attached hydrogen (secondary N) is 2. The molecule has 2 aromatic rings. The molecule has 0 saturated carbocycles. The lowest BCUT2D eigenvalue weighted by Crippen LogP contribution is -2.27. The van der Waals surface area contributed by atoms with Gasteiger partial charge in [0, 0.05) is 31.5 Å². The molecule has 6 nitrogen and oxygen atoms in total. The van der Waals surface area contributed by atoms with Crippen molar-refractivity contribution in [2.24, 2.45) is 0 Å². The Balaban J connectivity index is 1.77. The number of anilines is 1. The Kier molecular flexibility index (Phi) is 5.73. The summed E-state index contributed by atoms with van der Waals surface area (Å²) in [4.78, 5) is 16.6. The second-order valence-corrected chi connectivity index (χ2v) is 5.62. The Morgan fingerprint density at radius 3 is 2.61 bits per heavy atom. The molecule has 1 amide bonds. The average Bonchev–Trinajstić information content (AvgIpc) is 2.82. The van der Waals surface area contributed by atoms with Gasteiger partial charge in [-0.05, 0) is 45.7 Å². The molecule has 6 heteroatoms. The van der Waals surface area contributed by atoms with E-state index in [1.165, 1.54) is 0 Å². The van der Waals surface area contributed by atoms with Crippen LogP contribution in [0.3, 0.4) is 0 Å². The van der Waals surface area contributed by atoms with Gasteiger partial charge in [-0.15, -0.1) is 0 Å². The van der Waals surface area contributed by atoms with E-state index < -0.39 is 0 Å². The fraction of sp³-hybridized carbons (Fsp3) is 0.471. The van der Waals surface area contributed by atoms with E-state index in [1.807, 2.05) is 50.7 Å². The predicted octanol–water partition coefficient (Wildman–Crippen LogP) is 2.46. The summed E-state index contributed by atoms with van der Waals surface area (Å²) < 4.78 is 1.86. The van der Waals surface area contributed by atoms with Crippen molar-refractivity contribution < 1.29 is 4.79 Å². The van der Waals surface area contributed by atoms with Gasteiger partial charge in [-0.3, -0.25) is 9.48 Å². The number of pyridine rings is 1. The summed E-state index contributed by atoms with van der Waals surface area (Å²) >= 11 is 0. The van der Waals surface area contributed by atoms with Crippen molar-refractivity contribution in [3.8, 4) is 0 Å². The van der Waals surface area contributed by atoms with Crippen molar-refractivity contribution in [1.82, 2.24) is 20.1 Å². The Hall–Kier alpha value is -2.37. The normalized spacial score (nSPS) is 10.6. The number of carbonyl (C=O) groups excluding carboxylic acids is 1. The van der Waals surface area contributed by atoms with Crippen molar-refractivity contribution in [2.75, 3.05) is 18.4 Å². The van der Waals surface area contributed by atoms with Crippen molar-refractivity contribution in [3.05, 3.63) is 40.8 Å². The lowest BCUT2D eigenvalue weighted by atomic mass is 10.2. The van der Waals surface area contributed by atoms with Crippen LogP contribution in [-0.2, 0) is 6.54 Å². The minimum atomic E-state index is -0.0480. The van der Waals surface area contributed by atoms with Crippen LogP contribution in [0.25, 0.3) is 0 Å². The van der Waals surface area contributed by atoms with E-state index in [2.05, 4.69) is 20.7 Å². The van der Waals surface area contributed by atoms with Crippen LogP contribution < -0.4 is 10.6 Å². The molecule has 23 heavy (non-hydrogen) atoms. The zero-order valence-corrected chi connectivity index (χ0v) is 14.3. The highest BCUT2D eigenvalue weighted by atomic mass is 16.1. The van der Waals surface area contributed by atoms with E-state index in [4.69, 9.17) is 0 Å². The second kappa shape index (κ2) is 7.76. The van der Waals surface area contributed by atoms with Crippen LogP contribution in [0.2, 0.25) is 0 Å². The minimum absolute atomic E-state index is 0.0480. The maximum absolute atomic E-state index is 12.3. The summed E-state index contributed by atoms with van der Waals surface area (Å²) in [7, 11) is 0. The largest absolute Gasteiger partial charge is 0.370 e. The molecule has 2 heterocycles. The van der Waals surface area contributed by atoms with Crippen LogP contribution in [0.15, 0.2) is 18.3 Å². The van der Waals surface area contributed by atoms with Gasteiger partial charge in [0.1, 0.15) is 5.82 Å². The molecule has 2 N–H and O–H groups in total. The van der Waals surface area contributed by atoms with E-state index in [0.717, 1.165) is 42.3 Å². The predicted molar refractivity (Wildman–Crippen MR) is 91.8 cm³/mol. The summed E-state index contributed by atoms with van der Waals surface area (Å²) in [5, 5.41) is 10.6. The highest BCUT2D eigenvalue weighted by molar-refractivity contribution is 5.96. The van der Waals surface area contributed by atoms with Gasteiger partial charge in [-0.1, -0.05) is 6.07 Å². The quantitative estimate of drug-likeness (QED) is 0.770. The maximum Gasteiger partial charge on any atom is 0.255 e.